The van der Waals surface area contributed by atoms with Crippen LogP contribution in [0, 0.1) is 5.41 Å². The number of carbonyl (C=O) groups excluding carboxylic acids is 1. The van der Waals surface area contributed by atoms with E-state index in [0.717, 1.165) is 0 Å². The van der Waals surface area contributed by atoms with Crippen molar-refractivity contribution in [2.24, 2.45) is 5.41 Å². The van der Waals surface area contributed by atoms with Gasteiger partial charge in [0, 0.05) is 30.8 Å². The molecule has 5 nitrogen and oxygen atoms in total. The molecule has 0 aliphatic rings. The van der Waals surface area contributed by atoms with Crippen LogP contribution in [0.5, 0.6) is 5.75 Å². The number of rotatable bonds is 5. The molecule has 0 aromatic heterocycles. The van der Waals surface area contributed by atoms with E-state index in [1.165, 1.54) is 14.2 Å². The summed E-state index contributed by atoms with van der Waals surface area (Å²) in [5.41, 5.74) is 0.797. The Bertz CT molecular complexity index is 467. The minimum Gasteiger partial charge on any atom is -0.497 e. The summed E-state index contributed by atoms with van der Waals surface area (Å²) >= 11 is 0. The van der Waals surface area contributed by atoms with E-state index < -0.39 is 12.5 Å². The lowest BCUT2D eigenvalue weighted by molar-refractivity contribution is -0.123. The number of hydrogen-bond donors (Lipinski definition) is 1. The van der Waals surface area contributed by atoms with Crippen LogP contribution in [0.4, 0.5) is 5.69 Å². The number of nitrogens with one attached hydrogen (secondary N) is 1. The SMILES string of the molecule is COB(OC)c1c(NC(=O)C(C)(C)C)cccc1OC. The van der Waals surface area contributed by atoms with Gasteiger partial charge in [-0.15, -0.1) is 0 Å². The van der Waals surface area contributed by atoms with Gasteiger partial charge in [-0.3, -0.25) is 4.79 Å². The van der Waals surface area contributed by atoms with E-state index in [-0.39, 0.29) is 5.91 Å². The van der Waals surface area contributed by atoms with Crippen molar-refractivity contribution in [3.05, 3.63) is 18.2 Å². The molecule has 0 saturated heterocycles. The maximum absolute atomic E-state index is 12.2. The Kier molecular flexibility index (Phi) is 5.59. The zero-order valence-electron chi connectivity index (χ0n) is 12.9. The number of carbonyl (C=O) groups is 1. The molecule has 1 amide bonds. The molecule has 20 heavy (non-hydrogen) atoms. The number of benzene rings is 1. The van der Waals surface area contributed by atoms with E-state index in [0.29, 0.717) is 16.9 Å². The van der Waals surface area contributed by atoms with Crippen LogP contribution in [-0.4, -0.2) is 34.4 Å². The topological polar surface area (TPSA) is 56.8 Å². The molecule has 1 aromatic carbocycles. The van der Waals surface area contributed by atoms with Gasteiger partial charge in [0.15, 0.2) is 0 Å². The minimum atomic E-state index is -0.610. The van der Waals surface area contributed by atoms with Crippen LogP contribution in [0.2, 0.25) is 0 Å². The summed E-state index contributed by atoms with van der Waals surface area (Å²) < 4.78 is 15.9. The van der Waals surface area contributed by atoms with Crippen LogP contribution in [0.15, 0.2) is 18.2 Å². The number of anilines is 1. The molecular weight excluding hydrogens is 257 g/mol. The summed E-state index contributed by atoms with van der Waals surface area (Å²) in [5, 5.41) is 2.90. The molecule has 1 rings (SSSR count). The highest BCUT2D eigenvalue weighted by atomic mass is 16.6. The second-order valence-electron chi connectivity index (χ2n) is 5.43. The van der Waals surface area contributed by atoms with Crippen LogP contribution in [0.1, 0.15) is 20.8 Å². The average Bonchev–Trinajstić information content (AvgIpc) is 2.40. The summed E-state index contributed by atoms with van der Waals surface area (Å²) in [6.07, 6.45) is 0. The maximum atomic E-state index is 12.2. The molecule has 0 atom stereocenters. The van der Waals surface area contributed by atoms with Gasteiger partial charge in [0.25, 0.3) is 0 Å². The third kappa shape index (κ3) is 3.74. The van der Waals surface area contributed by atoms with Crippen LogP contribution in [0.3, 0.4) is 0 Å². The van der Waals surface area contributed by atoms with Crippen LogP contribution in [0.25, 0.3) is 0 Å². The normalized spacial score (nSPS) is 11.1. The number of methoxy groups -OCH3 is 1. The van der Waals surface area contributed by atoms with E-state index in [1.807, 2.05) is 26.8 Å². The van der Waals surface area contributed by atoms with Gasteiger partial charge in [0.2, 0.25) is 5.91 Å². The summed E-state index contributed by atoms with van der Waals surface area (Å²) in [5.74, 6) is 0.517. The van der Waals surface area contributed by atoms with E-state index in [4.69, 9.17) is 14.0 Å². The van der Waals surface area contributed by atoms with Gasteiger partial charge in [-0.25, -0.2) is 0 Å². The van der Waals surface area contributed by atoms with Crippen molar-refractivity contribution in [3.63, 3.8) is 0 Å². The lowest BCUT2D eigenvalue weighted by Crippen LogP contribution is -2.39. The van der Waals surface area contributed by atoms with Crippen molar-refractivity contribution < 1.29 is 18.8 Å². The molecule has 0 aliphatic carbocycles. The van der Waals surface area contributed by atoms with Crippen LogP contribution in [-0.2, 0) is 14.1 Å². The van der Waals surface area contributed by atoms with E-state index >= 15 is 0 Å². The highest BCUT2D eigenvalue weighted by Crippen LogP contribution is 2.20. The van der Waals surface area contributed by atoms with Gasteiger partial charge in [0.1, 0.15) is 5.75 Å². The molecule has 0 bridgehead atoms. The number of hydrogen-bond acceptors (Lipinski definition) is 4. The Hall–Kier alpha value is -1.53. The second-order valence-corrected chi connectivity index (χ2v) is 5.43. The predicted molar refractivity (Wildman–Crippen MR) is 80.5 cm³/mol. The molecule has 0 fully saturated rings. The lowest BCUT2D eigenvalue weighted by Gasteiger charge is -2.21. The van der Waals surface area contributed by atoms with Crippen molar-refractivity contribution in [3.8, 4) is 5.75 Å². The lowest BCUT2D eigenvalue weighted by atomic mass is 9.76. The summed E-state index contributed by atoms with van der Waals surface area (Å²) in [6, 6.07) is 5.41. The molecule has 0 unspecified atom stereocenters. The Morgan fingerprint density at radius 3 is 2.20 bits per heavy atom. The molecule has 0 spiro atoms. The van der Waals surface area contributed by atoms with Gasteiger partial charge >= 0.3 is 7.12 Å². The van der Waals surface area contributed by atoms with E-state index in [1.54, 1.807) is 19.2 Å². The molecule has 110 valence electrons. The third-order valence-corrected chi connectivity index (χ3v) is 2.88. The minimum absolute atomic E-state index is 0.0852. The second kappa shape index (κ2) is 6.77. The standard InChI is InChI=1S/C14H22BNO4/c1-14(2,3)13(17)16-10-8-7-9-11(18-4)12(10)15(19-5)20-6/h7-9H,1-6H3,(H,16,17). The fraction of sp³-hybridized carbons (Fsp3) is 0.500. The average molecular weight is 279 g/mol. The monoisotopic (exact) mass is 279 g/mol. The van der Waals surface area contributed by atoms with Crippen molar-refractivity contribution in [1.29, 1.82) is 0 Å². The zero-order chi connectivity index (χ0) is 15.3. The van der Waals surface area contributed by atoms with Crippen molar-refractivity contribution in [2.45, 2.75) is 20.8 Å². The number of ether oxygens (including phenoxy) is 1. The molecular formula is C14H22BNO4. The van der Waals surface area contributed by atoms with Crippen molar-refractivity contribution in [2.75, 3.05) is 26.6 Å². The van der Waals surface area contributed by atoms with Crippen LogP contribution < -0.4 is 15.5 Å². The Labute approximate surface area is 120 Å². The first-order valence-corrected chi connectivity index (χ1v) is 6.39. The van der Waals surface area contributed by atoms with Gasteiger partial charge in [-0.05, 0) is 12.1 Å². The molecule has 0 aliphatic heterocycles. The highest BCUT2D eigenvalue weighted by Gasteiger charge is 2.29. The van der Waals surface area contributed by atoms with Gasteiger partial charge in [-0.1, -0.05) is 26.8 Å². The van der Waals surface area contributed by atoms with E-state index in [9.17, 15) is 4.79 Å². The largest absolute Gasteiger partial charge is 0.499 e. The first-order valence-electron chi connectivity index (χ1n) is 6.39. The molecule has 0 heterocycles. The summed E-state index contributed by atoms with van der Waals surface area (Å²) in [4.78, 5) is 12.2. The molecule has 0 radical (unpaired) electrons. The Morgan fingerprint density at radius 1 is 1.15 bits per heavy atom. The summed E-state index contributed by atoms with van der Waals surface area (Å²) in [6.45, 7) is 5.56. The predicted octanol–water partition coefficient (Wildman–Crippen LogP) is 1.67. The summed E-state index contributed by atoms with van der Waals surface area (Å²) in [7, 11) is 4.03. The van der Waals surface area contributed by atoms with Gasteiger partial charge in [-0.2, -0.15) is 0 Å². The number of amides is 1. The smallest absolute Gasteiger partial charge is 0.497 e. The molecule has 6 heteroatoms. The quantitative estimate of drug-likeness (QED) is 0.833. The van der Waals surface area contributed by atoms with Crippen molar-refractivity contribution >= 4 is 24.2 Å². The zero-order valence-corrected chi connectivity index (χ0v) is 12.9. The maximum Gasteiger partial charge on any atom is 0.499 e. The molecule has 0 saturated carbocycles. The molecule has 1 N–H and O–H groups in total. The van der Waals surface area contributed by atoms with Gasteiger partial charge < -0.3 is 19.4 Å². The van der Waals surface area contributed by atoms with Crippen LogP contribution >= 0.6 is 0 Å². The first-order chi connectivity index (χ1) is 9.35. The third-order valence-electron chi connectivity index (χ3n) is 2.88. The fourth-order valence-corrected chi connectivity index (χ4v) is 1.72. The fourth-order valence-electron chi connectivity index (χ4n) is 1.72. The van der Waals surface area contributed by atoms with Crippen molar-refractivity contribution in [1.82, 2.24) is 0 Å². The first kappa shape index (κ1) is 16.5. The van der Waals surface area contributed by atoms with Gasteiger partial charge in [0.05, 0.1) is 7.11 Å². The van der Waals surface area contributed by atoms with E-state index in [2.05, 4.69) is 5.32 Å². The Morgan fingerprint density at radius 2 is 1.75 bits per heavy atom. The highest BCUT2D eigenvalue weighted by molar-refractivity contribution is 6.64. The Balaban J connectivity index is 3.22. The molecule has 1 aromatic rings.